The minimum Gasteiger partial charge on any atom is -0.473 e. The number of aliphatic carboxylic acids is 2. The molecule has 8 heteroatoms. The number of nitrogens with zero attached hydrogens (tertiary/aromatic N) is 3. The van der Waals surface area contributed by atoms with Gasteiger partial charge in [0.1, 0.15) is 0 Å². The summed E-state index contributed by atoms with van der Waals surface area (Å²) in [6, 6.07) is 10.5. The molecule has 4 rings (SSSR count). The first kappa shape index (κ1) is 22.7. The highest BCUT2D eigenvalue weighted by molar-refractivity contribution is 6.27. The van der Waals surface area contributed by atoms with Crippen LogP contribution in [-0.4, -0.2) is 68.7 Å². The molecule has 166 valence electrons. The van der Waals surface area contributed by atoms with Crippen LogP contribution in [0.25, 0.3) is 11.3 Å². The van der Waals surface area contributed by atoms with Crippen molar-refractivity contribution in [3.8, 4) is 5.69 Å². The number of carboxylic acids is 2. The Balaban J connectivity index is 0.000000401. The van der Waals surface area contributed by atoms with Crippen molar-refractivity contribution in [3.63, 3.8) is 0 Å². The number of rotatable bonds is 3. The Bertz CT molecular complexity index is 916. The van der Waals surface area contributed by atoms with Crippen LogP contribution in [0.5, 0.6) is 0 Å². The van der Waals surface area contributed by atoms with Crippen LogP contribution in [0.3, 0.4) is 0 Å². The van der Waals surface area contributed by atoms with Crippen molar-refractivity contribution in [2.24, 2.45) is 0 Å². The quantitative estimate of drug-likeness (QED) is 0.726. The lowest BCUT2D eigenvalue weighted by atomic mass is 9.92. The zero-order chi connectivity index (χ0) is 22.4. The van der Waals surface area contributed by atoms with E-state index in [0.717, 1.165) is 38.2 Å². The first-order valence-electron chi connectivity index (χ1n) is 10.5. The molecule has 0 radical (unpaired) electrons. The van der Waals surface area contributed by atoms with Crippen LogP contribution in [0.2, 0.25) is 0 Å². The number of ether oxygens (including phenoxy) is 1. The fraction of sp³-hybridized carbons (Fsp3) is 0.435. The molecule has 0 unspecified atom stereocenters. The van der Waals surface area contributed by atoms with Gasteiger partial charge in [-0.05, 0) is 50.8 Å². The fourth-order valence-corrected chi connectivity index (χ4v) is 4.14. The summed E-state index contributed by atoms with van der Waals surface area (Å²) in [6.45, 7) is 7.37. The van der Waals surface area contributed by atoms with Crippen LogP contribution >= 0.6 is 0 Å². The standard InChI is InChI=1S/C21H27N3O.C2H2O4/c1-16-14-23(15-17(2)25-16)12-11-18-7-6-10-21-20(18)13-22-24(21)19-8-4-3-5-9-19;3-1(4)2(5)6/h3-5,8-9,11,13,16-17H,6-7,10,12,14-15H2,1-2H3;(H,3,4)(H,5,6)/b18-11+;/t16-,17+;. The lowest BCUT2D eigenvalue weighted by Crippen LogP contribution is -2.45. The highest BCUT2D eigenvalue weighted by Crippen LogP contribution is 2.32. The Morgan fingerprint density at radius 3 is 2.35 bits per heavy atom. The minimum absolute atomic E-state index is 0.324. The van der Waals surface area contributed by atoms with Gasteiger partial charge in [0.2, 0.25) is 0 Å². The molecule has 1 fully saturated rings. The first-order chi connectivity index (χ1) is 14.8. The van der Waals surface area contributed by atoms with Gasteiger partial charge >= 0.3 is 11.9 Å². The van der Waals surface area contributed by atoms with Crippen molar-refractivity contribution in [2.75, 3.05) is 19.6 Å². The van der Waals surface area contributed by atoms with Crippen molar-refractivity contribution in [1.29, 1.82) is 0 Å². The van der Waals surface area contributed by atoms with Gasteiger partial charge in [-0.15, -0.1) is 0 Å². The molecule has 2 aliphatic rings. The minimum atomic E-state index is -1.82. The molecule has 1 aromatic heterocycles. The van der Waals surface area contributed by atoms with E-state index in [2.05, 4.69) is 71.1 Å². The summed E-state index contributed by atoms with van der Waals surface area (Å²) in [5.74, 6) is -3.65. The number of carbonyl (C=O) groups is 2. The van der Waals surface area contributed by atoms with Gasteiger partial charge in [0.05, 0.1) is 29.8 Å². The van der Waals surface area contributed by atoms with Crippen molar-refractivity contribution < 1.29 is 24.5 Å². The van der Waals surface area contributed by atoms with E-state index in [-0.39, 0.29) is 0 Å². The summed E-state index contributed by atoms with van der Waals surface area (Å²) < 4.78 is 7.95. The van der Waals surface area contributed by atoms with Gasteiger partial charge in [-0.3, -0.25) is 4.90 Å². The number of benzene rings is 1. The summed E-state index contributed by atoms with van der Waals surface area (Å²) in [5.41, 5.74) is 5.30. The molecule has 0 spiro atoms. The van der Waals surface area contributed by atoms with E-state index >= 15 is 0 Å². The molecule has 0 saturated carbocycles. The maximum atomic E-state index is 9.10. The molecule has 2 heterocycles. The third-order valence-electron chi connectivity index (χ3n) is 5.35. The van der Waals surface area contributed by atoms with Crippen LogP contribution in [0.1, 0.15) is 37.9 Å². The van der Waals surface area contributed by atoms with Gasteiger partial charge in [0, 0.05) is 25.2 Å². The Hall–Kier alpha value is -2.97. The highest BCUT2D eigenvalue weighted by atomic mass is 16.5. The molecular formula is C23H29N3O5. The number of fused-ring (bicyclic) bond motifs is 1. The molecule has 1 saturated heterocycles. The van der Waals surface area contributed by atoms with E-state index in [0.29, 0.717) is 12.2 Å². The average Bonchev–Trinajstić information content (AvgIpc) is 3.17. The summed E-state index contributed by atoms with van der Waals surface area (Å²) in [6.07, 6.45) is 8.58. The van der Waals surface area contributed by atoms with Crippen LogP contribution in [-0.2, 0) is 20.7 Å². The van der Waals surface area contributed by atoms with E-state index in [9.17, 15) is 0 Å². The van der Waals surface area contributed by atoms with Crippen molar-refractivity contribution in [1.82, 2.24) is 14.7 Å². The summed E-state index contributed by atoms with van der Waals surface area (Å²) >= 11 is 0. The molecule has 1 aliphatic heterocycles. The SMILES string of the molecule is C[C@@H]1CN(C/C=C2\CCCc3c2cnn3-c2ccccc2)C[C@H](C)O1.O=C(O)C(=O)O. The Labute approximate surface area is 181 Å². The fourth-order valence-electron chi connectivity index (χ4n) is 4.14. The lowest BCUT2D eigenvalue weighted by Gasteiger charge is -2.34. The van der Waals surface area contributed by atoms with Gasteiger partial charge in [-0.1, -0.05) is 24.3 Å². The monoisotopic (exact) mass is 427 g/mol. The third kappa shape index (κ3) is 6.02. The number of morpholine rings is 1. The number of carboxylic acid groups (broad SMARTS) is 2. The second-order valence-corrected chi connectivity index (χ2v) is 7.92. The van der Waals surface area contributed by atoms with Gasteiger partial charge < -0.3 is 14.9 Å². The maximum Gasteiger partial charge on any atom is 0.414 e. The van der Waals surface area contributed by atoms with Crippen LogP contribution in [0.15, 0.2) is 42.6 Å². The van der Waals surface area contributed by atoms with E-state index in [1.807, 2.05) is 0 Å². The molecule has 8 nitrogen and oxygen atoms in total. The average molecular weight is 428 g/mol. The van der Waals surface area contributed by atoms with Crippen molar-refractivity contribution in [3.05, 3.63) is 53.9 Å². The van der Waals surface area contributed by atoms with E-state index in [1.54, 1.807) is 0 Å². The van der Waals surface area contributed by atoms with Gasteiger partial charge in [-0.25, -0.2) is 14.3 Å². The van der Waals surface area contributed by atoms with E-state index in [1.165, 1.54) is 23.3 Å². The Morgan fingerprint density at radius 2 is 1.74 bits per heavy atom. The smallest absolute Gasteiger partial charge is 0.414 e. The molecule has 2 aromatic rings. The van der Waals surface area contributed by atoms with Gasteiger partial charge in [0.15, 0.2) is 0 Å². The lowest BCUT2D eigenvalue weighted by molar-refractivity contribution is -0.159. The second-order valence-electron chi connectivity index (χ2n) is 7.92. The van der Waals surface area contributed by atoms with E-state index in [4.69, 9.17) is 24.5 Å². The van der Waals surface area contributed by atoms with Gasteiger partial charge in [0.25, 0.3) is 0 Å². The van der Waals surface area contributed by atoms with E-state index < -0.39 is 11.9 Å². The number of aromatic nitrogens is 2. The zero-order valence-corrected chi connectivity index (χ0v) is 17.9. The Morgan fingerprint density at radius 1 is 1.10 bits per heavy atom. The van der Waals surface area contributed by atoms with Crippen LogP contribution < -0.4 is 0 Å². The number of hydrogen-bond donors (Lipinski definition) is 2. The third-order valence-corrected chi connectivity index (χ3v) is 5.35. The maximum absolute atomic E-state index is 9.10. The predicted molar refractivity (Wildman–Crippen MR) is 116 cm³/mol. The summed E-state index contributed by atoms with van der Waals surface area (Å²) in [5, 5.41) is 19.5. The number of allylic oxidation sites excluding steroid dienone is 1. The predicted octanol–water partition coefficient (Wildman–Crippen LogP) is 2.86. The summed E-state index contributed by atoms with van der Waals surface area (Å²) in [7, 11) is 0. The van der Waals surface area contributed by atoms with Crippen molar-refractivity contribution in [2.45, 2.75) is 45.3 Å². The Kier molecular flexibility index (Phi) is 7.59. The highest BCUT2D eigenvalue weighted by Gasteiger charge is 2.23. The number of hydrogen-bond acceptors (Lipinski definition) is 5. The first-order valence-corrected chi connectivity index (χ1v) is 10.5. The molecular weight excluding hydrogens is 398 g/mol. The number of para-hydroxylation sites is 1. The normalized spacial score (nSPS) is 22.3. The summed E-state index contributed by atoms with van der Waals surface area (Å²) in [4.78, 5) is 20.7. The molecule has 2 N–H and O–H groups in total. The van der Waals surface area contributed by atoms with Crippen LogP contribution in [0.4, 0.5) is 0 Å². The molecule has 0 bridgehead atoms. The largest absolute Gasteiger partial charge is 0.473 e. The topological polar surface area (TPSA) is 105 Å². The zero-order valence-electron chi connectivity index (χ0n) is 17.9. The molecule has 2 atom stereocenters. The van der Waals surface area contributed by atoms with Crippen LogP contribution in [0, 0.1) is 0 Å². The molecule has 1 aromatic carbocycles. The second kappa shape index (κ2) is 10.4. The molecule has 31 heavy (non-hydrogen) atoms. The molecule has 0 amide bonds. The molecule has 1 aliphatic carbocycles. The van der Waals surface area contributed by atoms with Crippen molar-refractivity contribution >= 4 is 17.5 Å². The van der Waals surface area contributed by atoms with Gasteiger partial charge in [-0.2, -0.15) is 5.10 Å².